The number of hydrogen-bond donors (Lipinski definition) is 1. The Morgan fingerprint density at radius 2 is 2.28 bits per heavy atom. The van der Waals surface area contributed by atoms with Crippen LogP contribution >= 0.6 is 11.6 Å². The molecule has 0 fully saturated rings. The third kappa shape index (κ3) is 2.34. The molecule has 2 aromatic rings. The molecule has 0 saturated heterocycles. The molecule has 1 atom stereocenters. The average Bonchev–Trinajstić information content (AvgIpc) is 2.64. The van der Waals surface area contributed by atoms with Crippen LogP contribution in [0.25, 0.3) is 11.0 Å². The molecule has 0 saturated carbocycles. The molecule has 0 bridgehead atoms. The third-order valence-electron chi connectivity index (χ3n) is 3.08. The maximum atomic E-state index is 12.0. The van der Waals surface area contributed by atoms with E-state index in [1.165, 1.54) is 0 Å². The van der Waals surface area contributed by atoms with Gasteiger partial charge in [0.25, 0.3) is 5.91 Å². The Morgan fingerprint density at radius 1 is 1.56 bits per heavy atom. The topological polar surface area (TPSA) is 46.9 Å². The van der Waals surface area contributed by atoms with E-state index in [-0.39, 0.29) is 11.9 Å². The highest BCUT2D eigenvalue weighted by molar-refractivity contribution is 6.29. The van der Waals surface area contributed by atoms with Crippen LogP contribution in [0.15, 0.2) is 18.2 Å². The first-order valence-electron chi connectivity index (χ1n) is 5.95. The quantitative estimate of drug-likeness (QED) is 0.928. The van der Waals surface area contributed by atoms with Gasteiger partial charge in [-0.2, -0.15) is 0 Å². The number of halogens is 1. The standard InChI is InChI=1S/C13H16ClN3O/c1-4-8(2)15-12(18)9-5-6-11-10(7-9)16-13(14)17(11)3/h5-8H,4H2,1-3H3,(H,15,18)/t8-/m0/s1. The largest absolute Gasteiger partial charge is 0.350 e. The highest BCUT2D eigenvalue weighted by Crippen LogP contribution is 2.19. The number of aryl methyl sites for hydroxylation is 1. The maximum absolute atomic E-state index is 12.0. The Kier molecular flexibility index (Phi) is 3.57. The predicted molar refractivity (Wildman–Crippen MR) is 72.9 cm³/mol. The number of imidazole rings is 1. The number of rotatable bonds is 3. The Bertz CT molecular complexity index is 591. The van der Waals surface area contributed by atoms with Gasteiger partial charge in [-0.3, -0.25) is 4.79 Å². The number of nitrogens with zero attached hydrogens (tertiary/aromatic N) is 2. The van der Waals surface area contributed by atoms with Crippen molar-refractivity contribution in [3.8, 4) is 0 Å². The number of hydrogen-bond acceptors (Lipinski definition) is 2. The van der Waals surface area contributed by atoms with Crippen LogP contribution in [0.5, 0.6) is 0 Å². The number of carbonyl (C=O) groups excluding carboxylic acids is 1. The Morgan fingerprint density at radius 3 is 2.94 bits per heavy atom. The fourth-order valence-corrected chi connectivity index (χ4v) is 1.90. The molecular weight excluding hydrogens is 250 g/mol. The number of nitrogens with one attached hydrogen (secondary N) is 1. The van der Waals surface area contributed by atoms with Gasteiger partial charge in [-0.05, 0) is 43.1 Å². The molecule has 2 rings (SSSR count). The fourth-order valence-electron chi connectivity index (χ4n) is 1.72. The lowest BCUT2D eigenvalue weighted by molar-refractivity contribution is 0.0939. The Labute approximate surface area is 111 Å². The summed E-state index contributed by atoms with van der Waals surface area (Å²) in [5.41, 5.74) is 2.26. The van der Waals surface area contributed by atoms with Crippen molar-refractivity contribution in [2.45, 2.75) is 26.3 Å². The number of fused-ring (bicyclic) bond motifs is 1. The highest BCUT2D eigenvalue weighted by Gasteiger charge is 2.11. The number of carbonyl (C=O) groups is 1. The van der Waals surface area contributed by atoms with Crippen molar-refractivity contribution in [3.05, 3.63) is 29.0 Å². The van der Waals surface area contributed by atoms with Crippen molar-refractivity contribution in [1.29, 1.82) is 0 Å². The molecule has 1 aromatic carbocycles. The predicted octanol–water partition coefficient (Wildman–Crippen LogP) is 2.76. The van der Waals surface area contributed by atoms with Crippen LogP contribution < -0.4 is 5.32 Å². The lowest BCUT2D eigenvalue weighted by atomic mass is 10.1. The van der Waals surface area contributed by atoms with E-state index in [1.54, 1.807) is 16.7 Å². The molecule has 4 nitrogen and oxygen atoms in total. The van der Waals surface area contributed by atoms with E-state index >= 15 is 0 Å². The minimum absolute atomic E-state index is 0.0759. The highest BCUT2D eigenvalue weighted by atomic mass is 35.5. The molecular formula is C13H16ClN3O. The van der Waals surface area contributed by atoms with Crippen molar-refractivity contribution in [2.75, 3.05) is 0 Å². The van der Waals surface area contributed by atoms with Gasteiger partial charge in [0, 0.05) is 18.7 Å². The zero-order valence-electron chi connectivity index (χ0n) is 10.7. The molecule has 0 aliphatic heterocycles. The summed E-state index contributed by atoms with van der Waals surface area (Å²) in [6.45, 7) is 4.01. The van der Waals surface area contributed by atoms with Gasteiger partial charge < -0.3 is 9.88 Å². The van der Waals surface area contributed by atoms with Crippen LogP contribution in [-0.2, 0) is 7.05 Å². The molecule has 1 amide bonds. The summed E-state index contributed by atoms with van der Waals surface area (Å²) in [6, 6.07) is 5.58. The van der Waals surface area contributed by atoms with Crippen LogP contribution in [0.4, 0.5) is 0 Å². The minimum Gasteiger partial charge on any atom is -0.350 e. The van der Waals surface area contributed by atoms with E-state index in [0.29, 0.717) is 10.8 Å². The minimum atomic E-state index is -0.0759. The van der Waals surface area contributed by atoms with Crippen molar-refractivity contribution in [2.24, 2.45) is 7.05 Å². The van der Waals surface area contributed by atoms with Crippen molar-refractivity contribution in [1.82, 2.24) is 14.9 Å². The van der Waals surface area contributed by atoms with E-state index in [1.807, 2.05) is 27.0 Å². The van der Waals surface area contributed by atoms with Gasteiger partial charge in [0.05, 0.1) is 11.0 Å². The summed E-state index contributed by atoms with van der Waals surface area (Å²) in [5, 5.41) is 3.35. The van der Waals surface area contributed by atoms with Crippen LogP contribution in [0.1, 0.15) is 30.6 Å². The zero-order valence-corrected chi connectivity index (χ0v) is 11.5. The summed E-state index contributed by atoms with van der Waals surface area (Å²) < 4.78 is 1.78. The van der Waals surface area contributed by atoms with Gasteiger partial charge >= 0.3 is 0 Å². The van der Waals surface area contributed by atoms with Gasteiger partial charge in [0.2, 0.25) is 5.28 Å². The average molecular weight is 266 g/mol. The molecule has 0 radical (unpaired) electrons. The number of benzene rings is 1. The molecule has 18 heavy (non-hydrogen) atoms. The summed E-state index contributed by atoms with van der Waals surface area (Å²) >= 11 is 5.94. The van der Waals surface area contributed by atoms with Crippen LogP contribution in [0.3, 0.4) is 0 Å². The fraction of sp³-hybridized carbons (Fsp3) is 0.385. The summed E-state index contributed by atoms with van der Waals surface area (Å²) in [7, 11) is 1.84. The van der Waals surface area contributed by atoms with E-state index < -0.39 is 0 Å². The van der Waals surface area contributed by atoms with Crippen molar-refractivity contribution in [3.63, 3.8) is 0 Å². The molecule has 0 aliphatic rings. The van der Waals surface area contributed by atoms with Crippen LogP contribution in [0, 0.1) is 0 Å². The number of amides is 1. The van der Waals surface area contributed by atoms with Crippen molar-refractivity contribution < 1.29 is 4.79 Å². The second-order valence-electron chi connectivity index (χ2n) is 4.43. The first-order valence-corrected chi connectivity index (χ1v) is 6.33. The molecule has 1 N–H and O–H groups in total. The van der Waals surface area contributed by atoms with Gasteiger partial charge in [-0.1, -0.05) is 6.92 Å². The van der Waals surface area contributed by atoms with E-state index in [9.17, 15) is 4.79 Å². The van der Waals surface area contributed by atoms with E-state index in [2.05, 4.69) is 10.3 Å². The first-order chi connectivity index (χ1) is 8.52. The second kappa shape index (κ2) is 4.98. The Balaban J connectivity index is 2.33. The third-order valence-corrected chi connectivity index (χ3v) is 3.42. The second-order valence-corrected chi connectivity index (χ2v) is 4.76. The SMILES string of the molecule is CC[C@H](C)NC(=O)c1ccc2c(c1)nc(Cl)n2C. The molecule has 1 aromatic heterocycles. The molecule has 0 spiro atoms. The number of aromatic nitrogens is 2. The van der Waals surface area contributed by atoms with Crippen LogP contribution in [0.2, 0.25) is 5.28 Å². The normalized spacial score (nSPS) is 12.7. The summed E-state index contributed by atoms with van der Waals surface area (Å²) in [6.07, 6.45) is 0.906. The molecule has 1 heterocycles. The molecule has 0 unspecified atom stereocenters. The van der Waals surface area contributed by atoms with Gasteiger partial charge in [-0.25, -0.2) is 4.98 Å². The van der Waals surface area contributed by atoms with Gasteiger partial charge in [0.1, 0.15) is 0 Å². The Hall–Kier alpha value is -1.55. The van der Waals surface area contributed by atoms with E-state index in [4.69, 9.17) is 11.6 Å². The molecule has 5 heteroatoms. The lowest BCUT2D eigenvalue weighted by Crippen LogP contribution is -2.31. The smallest absolute Gasteiger partial charge is 0.251 e. The lowest BCUT2D eigenvalue weighted by Gasteiger charge is -2.11. The first kappa shape index (κ1) is 12.9. The summed E-state index contributed by atoms with van der Waals surface area (Å²) in [5.74, 6) is -0.0759. The zero-order chi connectivity index (χ0) is 13.3. The van der Waals surface area contributed by atoms with Gasteiger partial charge in [0.15, 0.2) is 0 Å². The monoisotopic (exact) mass is 265 g/mol. The van der Waals surface area contributed by atoms with Crippen molar-refractivity contribution >= 4 is 28.5 Å². The van der Waals surface area contributed by atoms with Gasteiger partial charge in [-0.15, -0.1) is 0 Å². The maximum Gasteiger partial charge on any atom is 0.251 e. The summed E-state index contributed by atoms with van der Waals surface area (Å²) in [4.78, 5) is 16.2. The van der Waals surface area contributed by atoms with E-state index in [0.717, 1.165) is 17.5 Å². The molecule has 0 aliphatic carbocycles. The van der Waals surface area contributed by atoms with Crippen LogP contribution in [-0.4, -0.2) is 21.5 Å². The molecule has 96 valence electrons.